The molecule has 1 aromatic rings. The van der Waals surface area contributed by atoms with Gasteiger partial charge >= 0.3 is 117 Å². The molecular formula is C15H17IP-. The van der Waals surface area contributed by atoms with E-state index in [2.05, 4.69) is 65.6 Å². The van der Waals surface area contributed by atoms with Gasteiger partial charge in [-0.1, -0.05) is 0 Å². The summed E-state index contributed by atoms with van der Waals surface area (Å²) in [6.07, 6.45) is 10.2. The van der Waals surface area contributed by atoms with Crippen molar-refractivity contribution in [3.8, 4) is 0 Å². The van der Waals surface area contributed by atoms with Gasteiger partial charge in [0.2, 0.25) is 0 Å². The maximum atomic E-state index is 2.79. The Labute approximate surface area is 116 Å². The molecule has 0 saturated heterocycles. The van der Waals surface area contributed by atoms with Gasteiger partial charge in [-0.3, -0.25) is 0 Å². The van der Waals surface area contributed by atoms with Gasteiger partial charge in [0.1, 0.15) is 0 Å². The second kappa shape index (κ2) is 5.97. The quantitative estimate of drug-likeness (QED) is 0.537. The Morgan fingerprint density at radius 2 is 2.06 bits per heavy atom. The van der Waals surface area contributed by atoms with Crippen molar-refractivity contribution in [2.45, 2.75) is 20.3 Å². The van der Waals surface area contributed by atoms with E-state index >= 15 is 0 Å². The van der Waals surface area contributed by atoms with E-state index in [0.717, 1.165) is 6.42 Å². The van der Waals surface area contributed by atoms with Gasteiger partial charge in [-0.15, -0.1) is 0 Å². The van der Waals surface area contributed by atoms with Crippen LogP contribution in [-0.2, 0) is 0 Å². The molecule has 0 aromatic heterocycles. The van der Waals surface area contributed by atoms with Crippen LogP contribution in [-0.4, -0.2) is 0 Å². The van der Waals surface area contributed by atoms with Gasteiger partial charge in [0.15, 0.2) is 0 Å². The predicted molar refractivity (Wildman–Crippen MR) is 74.8 cm³/mol. The molecule has 0 nitrogen and oxygen atoms in total. The van der Waals surface area contributed by atoms with E-state index in [1.165, 1.54) is 23.6 Å². The fourth-order valence-corrected chi connectivity index (χ4v) is 4.30. The van der Waals surface area contributed by atoms with Crippen LogP contribution in [0.2, 0.25) is 0 Å². The second-order valence-electron chi connectivity index (χ2n) is 4.26. The molecule has 17 heavy (non-hydrogen) atoms. The Kier molecular flexibility index (Phi) is 4.58. The average Bonchev–Trinajstić information content (AvgIpc) is 2.49. The van der Waals surface area contributed by atoms with Gasteiger partial charge in [0.05, 0.1) is 0 Å². The zero-order valence-electron chi connectivity index (χ0n) is 10.2. The van der Waals surface area contributed by atoms with E-state index in [9.17, 15) is 0 Å². The number of rotatable bonds is 2. The molecule has 0 radical (unpaired) electrons. The molecule has 0 saturated carbocycles. The zero-order valence-corrected chi connectivity index (χ0v) is 13.5. The van der Waals surface area contributed by atoms with E-state index in [0.29, 0.717) is 0 Å². The van der Waals surface area contributed by atoms with E-state index in [1.54, 1.807) is 0 Å². The molecule has 1 aromatic carbocycles. The van der Waals surface area contributed by atoms with Crippen molar-refractivity contribution in [1.82, 2.24) is 0 Å². The Bertz CT molecular complexity index is 510. The summed E-state index contributed by atoms with van der Waals surface area (Å²) in [6, 6.07) is 6.80. The fourth-order valence-electron chi connectivity index (χ4n) is 1.59. The van der Waals surface area contributed by atoms with Crippen LogP contribution in [0.1, 0.15) is 18.9 Å². The van der Waals surface area contributed by atoms with Crippen LogP contribution in [0, 0.1) is 10.5 Å². The first-order valence-corrected chi connectivity index (χ1v) is 8.43. The van der Waals surface area contributed by atoms with Gasteiger partial charge in [-0.2, -0.15) is 0 Å². The SMILES string of the molecule is CC1=CC=CC([I-]c2ccc(P)c(C)c2)=CC1. The third kappa shape index (κ3) is 3.79. The third-order valence-corrected chi connectivity index (χ3v) is 6.07. The molecule has 0 amide bonds. The molecule has 90 valence electrons. The second-order valence-corrected chi connectivity index (χ2v) is 7.91. The summed E-state index contributed by atoms with van der Waals surface area (Å²) in [5.74, 6) is 0. The molecule has 0 fully saturated rings. The molecule has 2 rings (SSSR count). The van der Waals surface area contributed by atoms with E-state index in [4.69, 9.17) is 0 Å². The summed E-state index contributed by atoms with van der Waals surface area (Å²) in [7, 11) is 2.79. The van der Waals surface area contributed by atoms with Crippen LogP contribution in [0.25, 0.3) is 0 Å². The predicted octanol–water partition coefficient (Wildman–Crippen LogP) is 0.544. The summed E-state index contributed by atoms with van der Waals surface area (Å²) in [6.45, 7) is 4.37. The fraction of sp³-hybridized carbons (Fsp3) is 0.200. The van der Waals surface area contributed by atoms with Gasteiger partial charge in [-0.05, 0) is 0 Å². The molecule has 1 unspecified atom stereocenters. The number of aryl methyl sites for hydroxylation is 1. The van der Waals surface area contributed by atoms with Gasteiger partial charge < -0.3 is 0 Å². The Morgan fingerprint density at radius 3 is 2.82 bits per heavy atom. The summed E-state index contributed by atoms with van der Waals surface area (Å²) in [4.78, 5) is 0. The van der Waals surface area contributed by atoms with Crippen LogP contribution >= 0.6 is 9.24 Å². The van der Waals surface area contributed by atoms with Crippen LogP contribution < -0.4 is 26.5 Å². The van der Waals surface area contributed by atoms with Crippen molar-refractivity contribution < 1.29 is 21.2 Å². The zero-order chi connectivity index (χ0) is 12.3. The van der Waals surface area contributed by atoms with Crippen LogP contribution in [0.15, 0.2) is 51.7 Å². The van der Waals surface area contributed by atoms with Crippen molar-refractivity contribution in [1.29, 1.82) is 0 Å². The molecule has 0 aliphatic heterocycles. The van der Waals surface area contributed by atoms with Crippen LogP contribution in [0.5, 0.6) is 0 Å². The summed E-state index contributed by atoms with van der Waals surface area (Å²) < 4.78 is 3.02. The Morgan fingerprint density at radius 1 is 1.24 bits per heavy atom. The van der Waals surface area contributed by atoms with Crippen molar-refractivity contribution in [3.05, 3.63) is 60.8 Å². The van der Waals surface area contributed by atoms with Gasteiger partial charge in [0, 0.05) is 0 Å². The van der Waals surface area contributed by atoms with E-state index < -0.39 is 0 Å². The van der Waals surface area contributed by atoms with E-state index in [1.807, 2.05) is 0 Å². The number of halogens is 1. The molecule has 0 spiro atoms. The first-order chi connectivity index (χ1) is 8.15. The van der Waals surface area contributed by atoms with Gasteiger partial charge in [-0.25, -0.2) is 0 Å². The molecular weight excluding hydrogens is 338 g/mol. The summed E-state index contributed by atoms with van der Waals surface area (Å²) in [5, 5.41) is 1.31. The molecule has 1 aliphatic carbocycles. The maximum absolute atomic E-state index is 2.79. The Balaban J connectivity index is 2.14. The standard InChI is InChI=1S/C15H17IP/c1-11-4-3-5-13(7-6-11)16-14-8-9-15(17)12(2)10-14/h3-5,7-10H,6,17H2,1-2H3/q-1. The minimum absolute atomic E-state index is 0.0292. The van der Waals surface area contributed by atoms with Crippen molar-refractivity contribution in [2.24, 2.45) is 0 Å². The summed E-state index contributed by atoms with van der Waals surface area (Å²) in [5.41, 5.74) is 2.82. The monoisotopic (exact) mass is 355 g/mol. The van der Waals surface area contributed by atoms with Crippen molar-refractivity contribution >= 4 is 14.5 Å². The number of benzene rings is 1. The van der Waals surface area contributed by atoms with E-state index in [-0.39, 0.29) is 21.2 Å². The minimum atomic E-state index is -0.0292. The number of hydrogen-bond donors (Lipinski definition) is 0. The third-order valence-electron chi connectivity index (χ3n) is 2.71. The van der Waals surface area contributed by atoms with Crippen molar-refractivity contribution in [3.63, 3.8) is 0 Å². The van der Waals surface area contributed by atoms with Crippen LogP contribution in [0.4, 0.5) is 0 Å². The normalized spacial score (nSPS) is 15.5. The molecule has 1 atom stereocenters. The first kappa shape index (κ1) is 13.0. The topological polar surface area (TPSA) is 0 Å². The Hall–Kier alpha value is -0.400. The molecule has 0 heterocycles. The average molecular weight is 355 g/mol. The van der Waals surface area contributed by atoms with Gasteiger partial charge in [0.25, 0.3) is 0 Å². The molecule has 0 bridgehead atoms. The number of allylic oxidation sites excluding steroid dienone is 6. The van der Waals surface area contributed by atoms with Crippen molar-refractivity contribution in [2.75, 3.05) is 0 Å². The van der Waals surface area contributed by atoms with Crippen LogP contribution in [0.3, 0.4) is 0 Å². The number of hydrogen-bond acceptors (Lipinski definition) is 0. The first-order valence-electron chi connectivity index (χ1n) is 5.70. The molecule has 1 aliphatic rings. The molecule has 2 heteroatoms. The summed E-state index contributed by atoms with van der Waals surface area (Å²) >= 11 is -0.0292. The molecule has 0 N–H and O–H groups in total.